The molecule has 1 aliphatic carbocycles. The molecule has 2 nitrogen and oxygen atoms in total. The average Bonchev–Trinajstić information content (AvgIpc) is 2.12. The van der Waals surface area contributed by atoms with Gasteiger partial charge in [0.1, 0.15) is 0 Å². The van der Waals surface area contributed by atoms with E-state index in [1.165, 1.54) is 25.8 Å². The van der Waals surface area contributed by atoms with Gasteiger partial charge in [-0.2, -0.15) is 0 Å². The highest BCUT2D eigenvalue weighted by molar-refractivity contribution is 4.80. The molecule has 0 amide bonds. The quantitative estimate of drug-likeness (QED) is 0.749. The predicted octanol–water partition coefficient (Wildman–Crippen LogP) is 2.09. The van der Waals surface area contributed by atoms with Gasteiger partial charge in [0.05, 0.1) is 0 Å². The van der Waals surface area contributed by atoms with Crippen molar-refractivity contribution in [3.63, 3.8) is 0 Å². The van der Waals surface area contributed by atoms with E-state index in [4.69, 9.17) is 5.73 Å². The molecule has 14 heavy (non-hydrogen) atoms. The second-order valence-electron chi connectivity index (χ2n) is 5.19. The summed E-state index contributed by atoms with van der Waals surface area (Å²) in [6.45, 7) is 6.77. The number of rotatable bonds is 4. The van der Waals surface area contributed by atoms with E-state index in [1.54, 1.807) is 0 Å². The Morgan fingerprint density at radius 2 is 1.71 bits per heavy atom. The summed E-state index contributed by atoms with van der Waals surface area (Å²) in [6, 6.07) is 0.806. The lowest BCUT2D eigenvalue weighted by Crippen LogP contribution is -2.38. The fourth-order valence-electron chi connectivity index (χ4n) is 2.79. The Balaban J connectivity index is 2.34. The fourth-order valence-corrected chi connectivity index (χ4v) is 2.79. The Kier molecular flexibility index (Phi) is 4.90. The summed E-state index contributed by atoms with van der Waals surface area (Å²) in [7, 11) is 2.26. The highest BCUT2D eigenvalue weighted by Gasteiger charge is 2.26. The molecule has 2 atom stereocenters. The van der Waals surface area contributed by atoms with Gasteiger partial charge in [0.2, 0.25) is 0 Å². The van der Waals surface area contributed by atoms with Crippen molar-refractivity contribution in [1.29, 1.82) is 0 Å². The van der Waals surface area contributed by atoms with Crippen LogP contribution in [0.5, 0.6) is 0 Å². The van der Waals surface area contributed by atoms with Gasteiger partial charge in [0.25, 0.3) is 0 Å². The first kappa shape index (κ1) is 12.0. The first-order valence-electron chi connectivity index (χ1n) is 6.03. The van der Waals surface area contributed by atoms with Gasteiger partial charge in [0, 0.05) is 6.04 Å². The van der Waals surface area contributed by atoms with Crippen LogP contribution in [0, 0.1) is 11.8 Å². The van der Waals surface area contributed by atoms with Gasteiger partial charge in [-0.3, -0.25) is 0 Å². The van der Waals surface area contributed by atoms with Crippen molar-refractivity contribution in [2.24, 2.45) is 17.6 Å². The van der Waals surface area contributed by atoms with Crippen LogP contribution < -0.4 is 5.73 Å². The second kappa shape index (κ2) is 5.72. The van der Waals surface area contributed by atoms with Crippen molar-refractivity contribution in [2.45, 2.75) is 45.6 Å². The average molecular weight is 198 g/mol. The molecule has 0 spiro atoms. The predicted molar refractivity (Wildman–Crippen MR) is 62.3 cm³/mol. The molecular weight excluding hydrogens is 172 g/mol. The highest BCUT2D eigenvalue weighted by Crippen LogP contribution is 2.30. The third-order valence-corrected chi connectivity index (χ3v) is 3.49. The zero-order valence-corrected chi connectivity index (χ0v) is 10.00. The van der Waals surface area contributed by atoms with E-state index >= 15 is 0 Å². The van der Waals surface area contributed by atoms with Crippen molar-refractivity contribution in [3.8, 4) is 0 Å². The van der Waals surface area contributed by atoms with Crippen LogP contribution >= 0.6 is 0 Å². The molecule has 1 aliphatic rings. The lowest BCUT2D eigenvalue weighted by Gasteiger charge is -2.37. The van der Waals surface area contributed by atoms with Crippen LogP contribution in [-0.2, 0) is 0 Å². The molecule has 0 heterocycles. The number of hydrogen-bond acceptors (Lipinski definition) is 2. The van der Waals surface area contributed by atoms with Gasteiger partial charge in [-0.05, 0) is 57.7 Å². The molecule has 84 valence electrons. The maximum Gasteiger partial charge on any atom is 0.00972 e. The van der Waals surface area contributed by atoms with E-state index in [-0.39, 0.29) is 0 Å². The van der Waals surface area contributed by atoms with Crippen LogP contribution in [0.1, 0.15) is 39.5 Å². The summed E-state index contributed by atoms with van der Waals surface area (Å²) in [6.07, 6.45) is 5.31. The van der Waals surface area contributed by atoms with Crippen molar-refractivity contribution in [1.82, 2.24) is 4.90 Å². The van der Waals surface area contributed by atoms with Crippen molar-refractivity contribution in [2.75, 3.05) is 20.1 Å². The van der Waals surface area contributed by atoms with Crippen molar-refractivity contribution < 1.29 is 0 Å². The third kappa shape index (κ3) is 3.58. The Labute approximate surface area is 88.8 Å². The zero-order chi connectivity index (χ0) is 10.6. The number of nitrogens with zero attached hydrogens (tertiary/aromatic N) is 1. The highest BCUT2D eigenvalue weighted by atomic mass is 15.1. The summed E-state index contributed by atoms with van der Waals surface area (Å²) >= 11 is 0. The van der Waals surface area contributed by atoms with Crippen molar-refractivity contribution in [3.05, 3.63) is 0 Å². The molecule has 0 saturated heterocycles. The van der Waals surface area contributed by atoms with Gasteiger partial charge >= 0.3 is 0 Å². The Morgan fingerprint density at radius 1 is 1.14 bits per heavy atom. The van der Waals surface area contributed by atoms with Crippen molar-refractivity contribution >= 4 is 0 Å². The molecule has 0 aliphatic heterocycles. The van der Waals surface area contributed by atoms with Gasteiger partial charge in [0.15, 0.2) is 0 Å². The molecule has 1 rings (SSSR count). The van der Waals surface area contributed by atoms with Crippen LogP contribution in [0.25, 0.3) is 0 Å². The molecule has 1 saturated carbocycles. The maximum atomic E-state index is 5.53. The van der Waals surface area contributed by atoms with Crippen LogP contribution in [-0.4, -0.2) is 31.1 Å². The van der Waals surface area contributed by atoms with E-state index in [0.29, 0.717) is 0 Å². The van der Waals surface area contributed by atoms with Gasteiger partial charge in [-0.15, -0.1) is 0 Å². The molecule has 2 N–H and O–H groups in total. The fraction of sp³-hybridized carbons (Fsp3) is 1.00. The Morgan fingerprint density at radius 3 is 2.21 bits per heavy atom. The van der Waals surface area contributed by atoms with E-state index in [0.717, 1.165) is 30.8 Å². The minimum Gasteiger partial charge on any atom is -0.330 e. The lowest BCUT2D eigenvalue weighted by atomic mass is 9.80. The topological polar surface area (TPSA) is 29.3 Å². The third-order valence-electron chi connectivity index (χ3n) is 3.49. The minimum absolute atomic E-state index is 0.806. The summed E-state index contributed by atoms with van der Waals surface area (Å²) in [5.41, 5.74) is 5.53. The minimum atomic E-state index is 0.806. The van der Waals surface area contributed by atoms with E-state index in [1.807, 2.05) is 0 Å². The Hall–Kier alpha value is -0.0800. The SMILES string of the molecule is CC1CC(C)CC(N(C)CCCN)C1. The summed E-state index contributed by atoms with van der Waals surface area (Å²) in [5, 5.41) is 0. The Bertz CT molecular complexity index is 148. The van der Waals surface area contributed by atoms with Crippen LogP contribution in [0.3, 0.4) is 0 Å². The normalized spacial score (nSPS) is 33.6. The molecule has 0 aromatic heterocycles. The molecule has 2 heteroatoms. The molecule has 0 radical (unpaired) electrons. The largest absolute Gasteiger partial charge is 0.330 e. The zero-order valence-electron chi connectivity index (χ0n) is 10.00. The standard InChI is InChI=1S/C12H26N2/c1-10-7-11(2)9-12(8-10)14(3)6-4-5-13/h10-12H,4-9,13H2,1-3H3. The molecule has 0 bridgehead atoms. The molecular formula is C12H26N2. The molecule has 0 aromatic carbocycles. The van der Waals surface area contributed by atoms with E-state index in [2.05, 4.69) is 25.8 Å². The molecule has 0 aromatic rings. The summed E-state index contributed by atoms with van der Waals surface area (Å²) in [5.74, 6) is 1.81. The van der Waals surface area contributed by atoms with E-state index < -0.39 is 0 Å². The number of hydrogen-bond donors (Lipinski definition) is 1. The lowest BCUT2D eigenvalue weighted by molar-refractivity contribution is 0.133. The van der Waals surface area contributed by atoms with Crippen LogP contribution in [0.2, 0.25) is 0 Å². The van der Waals surface area contributed by atoms with Gasteiger partial charge < -0.3 is 10.6 Å². The maximum absolute atomic E-state index is 5.53. The smallest absolute Gasteiger partial charge is 0.00972 e. The van der Waals surface area contributed by atoms with Crippen LogP contribution in [0.4, 0.5) is 0 Å². The van der Waals surface area contributed by atoms with E-state index in [9.17, 15) is 0 Å². The number of nitrogens with two attached hydrogens (primary N) is 1. The monoisotopic (exact) mass is 198 g/mol. The second-order valence-corrected chi connectivity index (χ2v) is 5.19. The van der Waals surface area contributed by atoms with Crippen LogP contribution in [0.15, 0.2) is 0 Å². The molecule has 1 fully saturated rings. The summed E-state index contributed by atoms with van der Waals surface area (Å²) < 4.78 is 0. The molecule has 2 unspecified atom stereocenters. The van der Waals surface area contributed by atoms with Gasteiger partial charge in [-0.25, -0.2) is 0 Å². The first-order chi connectivity index (χ1) is 6.63. The van der Waals surface area contributed by atoms with Gasteiger partial charge in [-0.1, -0.05) is 13.8 Å². The first-order valence-corrected chi connectivity index (χ1v) is 6.03. The summed E-state index contributed by atoms with van der Waals surface area (Å²) in [4.78, 5) is 2.51.